The van der Waals surface area contributed by atoms with Gasteiger partial charge in [-0.15, -0.1) is 11.3 Å². The predicted octanol–water partition coefficient (Wildman–Crippen LogP) is 2.02. The van der Waals surface area contributed by atoms with Crippen molar-refractivity contribution < 1.29 is 0 Å². The first-order chi connectivity index (χ1) is 9.66. The van der Waals surface area contributed by atoms with Crippen molar-refractivity contribution in [3.05, 3.63) is 11.6 Å². The second-order valence-corrected chi connectivity index (χ2v) is 6.44. The van der Waals surface area contributed by atoms with Gasteiger partial charge in [0.15, 0.2) is 11.1 Å². The van der Waals surface area contributed by atoms with Gasteiger partial charge < -0.3 is 15.5 Å². The molecule has 1 fully saturated rings. The molecule has 2 N–H and O–H groups in total. The first-order valence-electron chi connectivity index (χ1n) is 7.36. The van der Waals surface area contributed by atoms with Crippen molar-refractivity contribution >= 4 is 22.4 Å². The highest BCUT2D eigenvalue weighted by Gasteiger charge is 2.19. The third kappa shape index (κ3) is 4.37. The molecule has 0 bridgehead atoms. The number of aromatic nitrogens is 1. The van der Waals surface area contributed by atoms with Crippen molar-refractivity contribution in [2.24, 2.45) is 16.6 Å². The van der Waals surface area contributed by atoms with Crippen molar-refractivity contribution in [3.63, 3.8) is 0 Å². The van der Waals surface area contributed by atoms with Gasteiger partial charge in [-0.05, 0) is 18.8 Å². The fraction of sp³-hybridized carbons (Fsp3) is 0.714. The van der Waals surface area contributed by atoms with E-state index in [9.17, 15) is 0 Å². The molecule has 1 saturated heterocycles. The molecule has 0 saturated carbocycles. The third-order valence-electron chi connectivity index (χ3n) is 3.51. The van der Waals surface area contributed by atoms with Crippen molar-refractivity contribution in [2.75, 3.05) is 37.6 Å². The minimum atomic E-state index is 0.701. The van der Waals surface area contributed by atoms with E-state index in [-0.39, 0.29) is 0 Å². The van der Waals surface area contributed by atoms with Crippen LogP contribution in [-0.2, 0) is 0 Å². The van der Waals surface area contributed by atoms with Crippen LogP contribution in [-0.4, -0.2) is 48.6 Å². The first-order valence-corrected chi connectivity index (χ1v) is 8.24. The lowest BCUT2D eigenvalue weighted by molar-refractivity contribution is 0.380. The lowest BCUT2D eigenvalue weighted by Gasteiger charge is -2.35. The molecule has 1 aliphatic heterocycles. The zero-order valence-corrected chi connectivity index (χ0v) is 13.3. The van der Waals surface area contributed by atoms with Crippen molar-refractivity contribution in [1.29, 1.82) is 0 Å². The molecule has 0 spiro atoms. The van der Waals surface area contributed by atoms with Gasteiger partial charge in [-0.3, -0.25) is 4.99 Å². The molecule has 5 nitrogen and oxygen atoms in total. The maximum absolute atomic E-state index is 6.07. The molecule has 112 valence electrons. The van der Waals surface area contributed by atoms with Crippen LogP contribution in [0.15, 0.2) is 16.6 Å². The van der Waals surface area contributed by atoms with Gasteiger partial charge in [0.05, 0.1) is 0 Å². The number of thiazole rings is 1. The van der Waals surface area contributed by atoms with Gasteiger partial charge in [-0.1, -0.05) is 13.8 Å². The smallest absolute Gasteiger partial charge is 0.191 e. The number of rotatable bonds is 5. The number of anilines is 1. The molecule has 0 unspecified atom stereocenters. The van der Waals surface area contributed by atoms with Gasteiger partial charge in [0, 0.05) is 44.3 Å². The molecule has 0 atom stereocenters. The summed E-state index contributed by atoms with van der Waals surface area (Å²) in [5.74, 6) is 1.45. The average Bonchev–Trinajstić information content (AvgIpc) is 2.97. The quantitative estimate of drug-likeness (QED) is 0.513. The van der Waals surface area contributed by atoms with Gasteiger partial charge in [0.2, 0.25) is 0 Å². The highest BCUT2D eigenvalue weighted by molar-refractivity contribution is 7.13. The maximum Gasteiger partial charge on any atom is 0.191 e. The van der Waals surface area contributed by atoms with Gasteiger partial charge in [0.1, 0.15) is 0 Å². The van der Waals surface area contributed by atoms with Crippen molar-refractivity contribution in [2.45, 2.75) is 26.7 Å². The molecule has 2 rings (SSSR count). The Morgan fingerprint density at radius 1 is 1.40 bits per heavy atom. The summed E-state index contributed by atoms with van der Waals surface area (Å²) in [6.45, 7) is 9.12. The Bertz CT molecular complexity index is 407. The fourth-order valence-electron chi connectivity index (χ4n) is 2.29. The van der Waals surface area contributed by atoms with Gasteiger partial charge in [-0.25, -0.2) is 4.98 Å². The van der Waals surface area contributed by atoms with E-state index in [2.05, 4.69) is 33.6 Å². The molecule has 2 heterocycles. The summed E-state index contributed by atoms with van der Waals surface area (Å²) >= 11 is 1.69. The monoisotopic (exact) mass is 295 g/mol. The zero-order chi connectivity index (χ0) is 14.4. The second kappa shape index (κ2) is 7.47. The van der Waals surface area contributed by atoms with Crippen LogP contribution in [0.5, 0.6) is 0 Å². The Morgan fingerprint density at radius 2 is 2.15 bits per heavy atom. The van der Waals surface area contributed by atoms with E-state index in [1.165, 1.54) is 6.42 Å². The van der Waals surface area contributed by atoms with Crippen molar-refractivity contribution in [3.8, 4) is 0 Å². The van der Waals surface area contributed by atoms with Crippen LogP contribution in [0, 0.1) is 5.92 Å². The molecule has 1 aromatic heterocycles. The first kappa shape index (κ1) is 15.1. The fourth-order valence-corrected chi connectivity index (χ4v) is 2.99. The number of hydrogen-bond acceptors (Lipinski definition) is 4. The summed E-state index contributed by atoms with van der Waals surface area (Å²) in [6.07, 6.45) is 4.20. The molecule has 20 heavy (non-hydrogen) atoms. The Morgan fingerprint density at radius 3 is 2.75 bits per heavy atom. The summed E-state index contributed by atoms with van der Waals surface area (Å²) < 4.78 is 0. The van der Waals surface area contributed by atoms with Crippen LogP contribution in [0.25, 0.3) is 0 Å². The maximum atomic E-state index is 6.07. The average molecular weight is 295 g/mol. The number of hydrogen-bond donors (Lipinski definition) is 1. The topological polar surface area (TPSA) is 57.8 Å². The molecule has 0 aliphatic carbocycles. The van der Waals surface area contributed by atoms with Crippen LogP contribution in [0.2, 0.25) is 0 Å². The third-order valence-corrected chi connectivity index (χ3v) is 4.34. The largest absolute Gasteiger partial charge is 0.370 e. The number of nitrogens with zero attached hydrogens (tertiary/aromatic N) is 4. The minimum absolute atomic E-state index is 0.701. The van der Waals surface area contributed by atoms with E-state index in [0.717, 1.165) is 50.2 Å². The van der Waals surface area contributed by atoms with E-state index in [4.69, 9.17) is 5.73 Å². The predicted molar refractivity (Wildman–Crippen MR) is 86.5 cm³/mol. The molecule has 1 aromatic rings. The van der Waals surface area contributed by atoms with Gasteiger partial charge in [-0.2, -0.15) is 0 Å². The second-order valence-electron chi connectivity index (χ2n) is 5.56. The standard InChI is InChI=1S/C14H25N5S/c1-12(2)4-3-5-16-13(15)18-7-9-19(10-8-18)14-17-6-11-20-14/h6,11-12H,3-5,7-10H2,1-2H3,(H2,15,16). The molecule has 0 radical (unpaired) electrons. The van der Waals surface area contributed by atoms with Gasteiger partial charge >= 0.3 is 0 Å². The highest BCUT2D eigenvalue weighted by atomic mass is 32.1. The summed E-state index contributed by atoms with van der Waals surface area (Å²) in [7, 11) is 0. The van der Waals surface area contributed by atoms with E-state index >= 15 is 0 Å². The Balaban J connectivity index is 1.74. The van der Waals surface area contributed by atoms with E-state index < -0.39 is 0 Å². The van der Waals surface area contributed by atoms with Crippen molar-refractivity contribution in [1.82, 2.24) is 9.88 Å². The molecular weight excluding hydrogens is 270 g/mol. The van der Waals surface area contributed by atoms with Crippen LogP contribution in [0.4, 0.5) is 5.13 Å². The van der Waals surface area contributed by atoms with E-state index in [0.29, 0.717) is 5.96 Å². The lowest BCUT2D eigenvalue weighted by Crippen LogP contribution is -2.51. The Kier molecular flexibility index (Phi) is 5.64. The summed E-state index contributed by atoms with van der Waals surface area (Å²) in [4.78, 5) is 13.3. The summed E-state index contributed by atoms with van der Waals surface area (Å²) in [5, 5.41) is 3.13. The number of guanidine groups is 1. The number of nitrogens with two attached hydrogens (primary N) is 1. The van der Waals surface area contributed by atoms with Crippen LogP contribution in [0.3, 0.4) is 0 Å². The minimum Gasteiger partial charge on any atom is -0.370 e. The molecular formula is C14H25N5S. The molecule has 6 heteroatoms. The number of aliphatic imine (C=N–C) groups is 1. The SMILES string of the molecule is CC(C)CCCN=C(N)N1CCN(c2nccs2)CC1. The van der Waals surface area contributed by atoms with Crippen LogP contribution in [0.1, 0.15) is 26.7 Å². The molecule has 1 aliphatic rings. The van der Waals surface area contributed by atoms with Crippen LogP contribution < -0.4 is 10.6 Å². The Hall–Kier alpha value is -1.30. The Labute approximate surface area is 125 Å². The van der Waals surface area contributed by atoms with Gasteiger partial charge in [0.25, 0.3) is 0 Å². The summed E-state index contributed by atoms with van der Waals surface area (Å²) in [6, 6.07) is 0. The van der Waals surface area contributed by atoms with E-state index in [1.807, 2.05) is 11.6 Å². The zero-order valence-electron chi connectivity index (χ0n) is 12.5. The summed E-state index contributed by atoms with van der Waals surface area (Å²) in [5.41, 5.74) is 6.07. The van der Waals surface area contributed by atoms with E-state index in [1.54, 1.807) is 11.3 Å². The number of piperazine rings is 1. The highest BCUT2D eigenvalue weighted by Crippen LogP contribution is 2.18. The lowest BCUT2D eigenvalue weighted by atomic mass is 10.1. The van der Waals surface area contributed by atoms with Crippen LogP contribution >= 0.6 is 11.3 Å². The molecule has 0 amide bonds. The normalized spacial score (nSPS) is 17.1. The molecule has 0 aromatic carbocycles.